The molecule has 1 aromatic heterocycles. The average Bonchev–Trinajstić information content (AvgIpc) is 3.18. The number of hydrogen-bond acceptors (Lipinski definition) is 4. The zero-order valence-electron chi connectivity index (χ0n) is 15.1. The lowest BCUT2D eigenvalue weighted by molar-refractivity contribution is 0.0696. The van der Waals surface area contributed by atoms with Gasteiger partial charge in [-0.1, -0.05) is 52.7 Å². The highest BCUT2D eigenvalue weighted by molar-refractivity contribution is 6.33. The highest BCUT2D eigenvalue weighted by Gasteiger charge is 2.29. The molecule has 3 aromatic rings. The SMILES string of the molecule is Cc1cccc(-c2noc(C3CCCN(C(=O)c4ccccc4Cl)C3)n2)c1. The van der Waals surface area contributed by atoms with E-state index in [1.807, 2.05) is 48.2 Å². The molecule has 0 saturated carbocycles. The number of nitrogens with zero attached hydrogens (tertiary/aromatic N) is 3. The van der Waals surface area contributed by atoms with Gasteiger partial charge in [0.25, 0.3) is 5.91 Å². The summed E-state index contributed by atoms with van der Waals surface area (Å²) in [4.78, 5) is 19.2. The summed E-state index contributed by atoms with van der Waals surface area (Å²) in [5, 5.41) is 4.61. The summed E-state index contributed by atoms with van der Waals surface area (Å²) in [6.45, 7) is 3.29. The number of carbonyl (C=O) groups excluding carboxylic acids is 1. The Hall–Kier alpha value is -2.66. The van der Waals surface area contributed by atoms with Crippen LogP contribution in [-0.2, 0) is 0 Å². The number of hydrogen-bond donors (Lipinski definition) is 0. The van der Waals surface area contributed by atoms with Crippen LogP contribution >= 0.6 is 11.6 Å². The molecule has 1 fully saturated rings. The maximum Gasteiger partial charge on any atom is 0.255 e. The van der Waals surface area contributed by atoms with Gasteiger partial charge in [-0.05, 0) is 38.0 Å². The molecule has 1 aliphatic heterocycles. The predicted molar refractivity (Wildman–Crippen MR) is 104 cm³/mol. The van der Waals surface area contributed by atoms with Crippen LogP contribution in [-0.4, -0.2) is 34.0 Å². The van der Waals surface area contributed by atoms with Crippen molar-refractivity contribution in [3.63, 3.8) is 0 Å². The summed E-state index contributed by atoms with van der Waals surface area (Å²) < 4.78 is 5.53. The van der Waals surface area contributed by atoms with Gasteiger partial charge in [-0.3, -0.25) is 4.79 Å². The molecule has 0 N–H and O–H groups in total. The van der Waals surface area contributed by atoms with E-state index in [4.69, 9.17) is 16.1 Å². The zero-order chi connectivity index (χ0) is 18.8. The van der Waals surface area contributed by atoms with Crippen molar-refractivity contribution in [2.75, 3.05) is 13.1 Å². The van der Waals surface area contributed by atoms with E-state index in [0.29, 0.717) is 35.4 Å². The molecule has 27 heavy (non-hydrogen) atoms. The van der Waals surface area contributed by atoms with Crippen LogP contribution in [0.3, 0.4) is 0 Å². The molecule has 0 spiro atoms. The van der Waals surface area contributed by atoms with Gasteiger partial charge in [-0.15, -0.1) is 0 Å². The van der Waals surface area contributed by atoms with Gasteiger partial charge in [0, 0.05) is 18.7 Å². The summed E-state index contributed by atoms with van der Waals surface area (Å²) in [6, 6.07) is 15.2. The van der Waals surface area contributed by atoms with Crippen molar-refractivity contribution in [2.24, 2.45) is 0 Å². The van der Waals surface area contributed by atoms with E-state index >= 15 is 0 Å². The molecule has 138 valence electrons. The molecule has 2 heterocycles. The Balaban J connectivity index is 1.52. The second kappa shape index (κ2) is 7.53. The van der Waals surface area contributed by atoms with Crippen molar-refractivity contribution in [1.82, 2.24) is 15.0 Å². The van der Waals surface area contributed by atoms with E-state index in [2.05, 4.69) is 10.1 Å². The lowest BCUT2D eigenvalue weighted by atomic mass is 9.97. The lowest BCUT2D eigenvalue weighted by Crippen LogP contribution is -2.39. The summed E-state index contributed by atoms with van der Waals surface area (Å²) >= 11 is 6.19. The number of likely N-dealkylation sites (tertiary alicyclic amines) is 1. The molecule has 1 aliphatic rings. The van der Waals surface area contributed by atoms with Crippen molar-refractivity contribution in [2.45, 2.75) is 25.7 Å². The molecule has 5 nitrogen and oxygen atoms in total. The molecule has 4 rings (SSSR count). The maximum absolute atomic E-state index is 12.8. The third kappa shape index (κ3) is 3.74. The van der Waals surface area contributed by atoms with E-state index in [1.54, 1.807) is 12.1 Å². The normalized spacial score (nSPS) is 17.1. The van der Waals surface area contributed by atoms with E-state index in [0.717, 1.165) is 24.0 Å². The van der Waals surface area contributed by atoms with Crippen LogP contribution in [0.15, 0.2) is 53.1 Å². The second-order valence-corrected chi connectivity index (χ2v) is 7.30. The molecular formula is C21H20ClN3O2. The lowest BCUT2D eigenvalue weighted by Gasteiger charge is -2.31. The smallest absolute Gasteiger partial charge is 0.255 e. The number of carbonyl (C=O) groups is 1. The molecule has 0 radical (unpaired) electrons. The number of amides is 1. The Morgan fingerprint density at radius 1 is 1.22 bits per heavy atom. The van der Waals surface area contributed by atoms with Gasteiger partial charge in [0.1, 0.15) is 0 Å². The van der Waals surface area contributed by atoms with E-state index in [9.17, 15) is 4.79 Å². The minimum atomic E-state index is -0.0521. The van der Waals surface area contributed by atoms with Crippen LogP contribution in [0.4, 0.5) is 0 Å². The average molecular weight is 382 g/mol. The zero-order valence-corrected chi connectivity index (χ0v) is 15.8. The van der Waals surface area contributed by atoms with Gasteiger partial charge in [-0.25, -0.2) is 0 Å². The second-order valence-electron chi connectivity index (χ2n) is 6.90. The Kier molecular flexibility index (Phi) is 4.94. The molecule has 1 amide bonds. The number of piperidine rings is 1. The largest absolute Gasteiger partial charge is 0.339 e. The van der Waals surface area contributed by atoms with Crippen LogP contribution in [0.1, 0.15) is 40.6 Å². The van der Waals surface area contributed by atoms with Crippen LogP contribution in [0, 0.1) is 6.92 Å². The number of halogens is 1. The van der Waals surface area contributed by atoms with Gasteiger partial charge in [0.15, 0.2) is 0 Å². The van der Waals surface area contributed by atoms with Gasteiger partial charge >= 0.3 is 0 Å². The molecular weight excluding hydrogens is 362 g/mol. The first-order chi connectivity index (χ1) is 13.1. The Morgan fingerprint density at radius 3 is 2.89 bits per heavy atom. The summed E-state index contributed by atoms with van der Waals surface area (Å²) in [6.07, 6.45) is 1.81. The summed E-state index contributed by atoms with van der Waals surface area (Å²) in [7, 11) is 0. The van der Waals surface area contributed by atoms with Crippen molar-refractivity contribution in [3.8, 4) is 11.4 Å². The summed E-state index contributed by atoms with van der Waals surface area (Å²) in [5.41, 5.74) is 2.61. The first-order valence-electron chi connectivity index (χ1n) is 9.06. The third-order valence-corrected chi connectivity index (χ3v) is 5.21. The topological polar surface area (TPSA) is 59.2 Å². The number of aryl methyl sites for hydroxylation is 1. The summed E-state index contributed by atoms with van der Waals surface area (Å²) in [5.74, 6) is 1.16. The molecule has 1 saturated heterocycles. The monoisotopic (exact) mass is 381 g/mol. The molecule has 1 unspecified atom stereocenters. The first-order valence-corrected chi connectivity index (χ1v) is 9.44. The number of aromatic nitrogens is 2. The maximum atomic E-state index is 12.8. The highest BCUT2D eigenvalue weighted by atomic mass is 35.5. The molecule has 6 heteroatoms. The molecule has 2 aromatic carbocycles. The fourth-order valence-electron chi connectivity index (χ4n) is 3.47. The minimum absolute atomic E-state index is 0.0382. The van der Waals surface area contributed by atoms with E-state index in [-0.39, 0.29) is 11.8 Å². The van der Waals surface area contributed by atoms with Crippen molar-refractivity contribution >= 4 is 17.5 Å². The predicted octanol–water partition coefficient (Wildman–Crippen LogP) is 4.72. The number of rotatable bonds is 3. The van der Waals surface area contributed by atoms with Gasteiger partial charge in [0.2, 0.25) is 11.7 Å². The fourth-order valence-corrected chi connectivity index (χ4v) is 3.69. The minimum Gasteiger partial charge on any atom is -0.339 e. The van der Waals surface area contributed by atoms with Gasteiger partial charge in [0.05, 0.1) is 16.5 Å². The third-order valence-electron chi connectivity index (χ3n) is 4.88. The van der Waals surface area contributed by atoms with Gasteiger partial charge in [-0.2, -0.15) is 4.98 Å². The van der Waals surface area contributed by atoms with Crippen LogP contribution in [0.25, 0.3) is 11.4 Å². The standard InChI is InChI=1S/C21H20ClN3O2/c1-14-6-4-7-15(12-14)19-23-20(27-24-19)16-8-5-11-25(13-16)21(26)17-9-2-3-10-18(17)22/h2-4,6-7,9-10,12,16H,5,8,11,13H2,1H3. The van der Waals surface area contributed by atoms with Crippen LogP contribution < -0.4 is 0 Å². The van der Waals surface area contributed by atoms with Crippen LogP contribution in [0.2, 0.25) is 5.02 Å². The quantitative estimate of drug-likeness (QED) is 0.658. The van der Waals surface area contributed by atoms with Crippen molar-refractivity contribution in [1.29, 1.82) is 0 Å². The van der Waals surface area contributed by atoms with Crippen molar-refractivity contribution < 1.29 is 9.32 Å². The first kappa shape index (κ1) is 17.7. The number of benzene rings is 2. The van der Waals surface area contributed by atoms with E-state index < -0.39 is 0 Å². The Bertz CT molecular complexity index is 969. The molecule has 1 atom stereocenters. The Morgan fingerprint density at radius 2 is 2.07 bits per heavy atom. The highest BCUT2D eigenvalue weighted by Crippen LogP contribution is 2.29. The van der Waals surface area contributed by atoms with Crippen LogP contribution in [0.5, 0.6) is 0 Å². The van der Waals surface area contributed by atoms with Gasteiger partial charge < -0.3 is 9.42 Å². The molecule has 0 aliphatic carbocycles. The fraction of sp³-hybridized carbons (Fsp3) is 0.286. The van der Waals surface area contributed by atoms with Crippen molar-refractivity contribution in [3.05, 3.63) is 70.6 Å². The molecule has 0 bridgehead atoms. The Labute approximate surface area is 163 Å². The van der Waals surface area contributed by atoms with E-state index in [1.165, 1.54) is 0 Å².